The zero-order valence-corrected chi connectivity index (χ0v) is 27.3. The van der Waals surface area contributed by atoms with Gasteiger partial charge in [0.1, 0.15) is 5.69 Å². The van der Waals surface area contributed by atoms with E-state index in [4.69, 9.17) is 14.7 Å². The second-order valence-corrected chi connectivity index (χ2v) is 10.9. The number of hydrogen-bond donors (Lipinski definition) is 1. The van der Waals surface area contributed by atoms with Crippen LogP contribution in [0.15, 0.2) is 82.8 Å². The third-order valence-corrected chi connectivity index (χ3v) is 7.22. The number of amidine groups is 1. The maximum absolute atomic E-state index is 6.02. The van der Waals surface area contributed by atoms with Gasteiger partial charge in [-0.3, -0.25) is 0 Å². The number of nitrogens with zero attached hydrogens (tertiary/aromatic N) is 5. The van der Waals surface area contributed by atoms with Gasteiger partial charge in [-0.2, -0.15) is 5.10 Å². The molecule has 0 aliphatic carbocycles. The van der Waals surface area contributed by atoms with Crippen molar-refractivity contribution in [3.05, 3.63) is 95.1 Å². The highest BCUT2D eigenvalue weighted by Gasteiger charge is 2.18. The molecule has 0 bridgehead atoms. The summed E-state index contributed by atoms with van der Waals surface area (Å²) in [4.78, 5) is 12.2. The van der Waals surface area contributed by atoms with E-state index in [1.165, 1.54) is 29.5 Å². The number of aliphatic imine (C=N–C) groups is 1. The molecule has 230 valence electrons. The molecule has 0 unspecified atom stereocenters. The lowest BCUT2D eigenvalue weighted by atomic mass is 9.98. The van der Waals surface area contributed by atoms with E-state index in [0.717, 1.165) is 66.4 Å². The van der Waals surface area contributed by atoms with Crippen LogP contribution in [0.25, 0.3) is 0 Å². The molecule has 43 heavy (non-hydrogen) atoms. The van der Waals surface area contributed by atoms with Gasteiger partial charge in [-0.15, -0.1) is 0 Å². The first kappa shape index (κ1) is 33.4. The fourth-order valence-electron chi connectivity index (χ4n) is 4.85. The summed E-state index contributed by atoms with van der Waals surface area (Å²) < 4.78 is 6.02. The molecule has 1 aliphatic heterocycles. The molecule has 7 nitrogen and oxygen atoms in total. The molecule has 0 saturated carbocycles. The number of anilines is 2. The molecule has 1 aliphatic rings. The van der Waals surface area contributed by atoms with Crippen LogP contribution in [0, 0.1) is 13.8 Å². The van der Waals surface area contributed by atoms with Gasteiger partial charge in [0.05, 0.1) is 12.3 Å². The summed E-state index contributed by atoms with van der Waals surface area (Å²) in [5.74, 6) is 2.37. The second kappa shape index (κ2) is 17.1. The molecule has 1 N–H and O–H groups in total. The van der Waals surface area contributed by atoms with Crippen molar-refractivity contribution in [2.75, 3.05) is 30.4 Å². The van der Waals surface area contributed by atoms with Crippen LogP contribution in [0.1, 0.15) is 82.2 Å². The highest BCUT2D eigenvalue weighted by Crippen LogP contribution is 2.30. The Bertz CT molecular complexity index is 1380. The van der Waals surface area contributed by atoms with Crippen LogP contribution in [0.5, 0.6) is 5.75 Å². The van der Waals surface area contributed by atoms with E-state index >= 15 is 0 Å². The van der Waals surface area contributed by atoms with Gasteiger partial charge in [-0.25, -0.2) is 15.0 Å². The third kappa shape index (κ3) is 9.70. The first-order valence-corrected chi connectivity index (χ1v) is 15.6. The zero-order valence-electron chi connectivity index (χ0n) is 27.3. The smallest absolute Gasteiger partial charge is 0.171 e. The Hall–Kier alpha value is -4.13. The largest absolute Gasteiger partial charge is 0.490 e. The van der Waals surface area contributed by atoms with Gasteiger partial charge >= 0.3 is 0 Å². The number of ether oxygens (including phenoxy) is 1. The van der Waals surface area contributed by atoms with Crippen LogP contribution in [0.2, 0.25) is 0 Å². The molecule has 0 spiro atoms. The van der Waals surface area contributed by atoms with E-state index in [2.05, 4.69) is 99.1 Å². The van der Waals surface area contributed by atoms with Crippen molar-refractivity contribution in [3.8, 4) is 5.75 Å². The Balaban J connectivity index is 1.92. The highest BCUT2D eigenvalue weighted by molar-refractivity contribution is 6.08. The molecule has 0 atom stereocenters. The van der Waals surface area contributed by atoms with Crippen molar-refractivity contribution in [2.45, 2.75) is 80.1 Å². The number of aryl methyl sites for hydroxylation is 2. The van der Waals surface area contributed by atoms with E-state index in [1.54, 1.807) is 11.2 Å². The lowest BCUT2D eigenvalue weighted by molar-refractivity contribution is 0.339. The van der Waals surface area contributed by atoms with Crippen molar-refractivity contribution in [1.29, 1.82) is 0 Å². The number of hydrazone groups is 1. The Kier molecular flexibility index (Phi) is 13.3. The van der Waals surface area contributed by atoms with Crippen LogP contribution >= 0.6 is 0 Å². The molecule has 0 fully saturated rings. The first-order valence-electron chi connectivity index (χ1n) is 15.6. The maximum Gasteiger partial charge on any atom is 0.171 e. The maximum atomic E-state index is 6.02. The Labute approximate surface area is 259 Å². The fraction of sp³-hybridized carbons (Fsp3) is 0.417. The fourth-order valence-corrected chi connectivity index (χ4v) is 4.85. The molecule has 0 amide bonds. The third-order valence-electron chi connectivity index (χ3n) is 7.22. The molecule has 2 heterocycles. The number of unbranched alkanes of at least 4 members (excludes halogenated alkanes) is 3. The number of benzene rings is 1. The van der Waals surface area contributed by atoms with E-state index in [9.17, 15) is 0 Å². The summed E-state index contributed by atoms with van der Waals surface area (Å²) >= 11 is 0. The minimum absolute atomic E-state index is 0.590. The number of nitrogens with one attached hydrogen (secondary N) is 1. The topological polar surface area (TPSA) is 65.3 Å². The summed E-state index contributed by atoms with van der Waals surface area (Å²) in [5, 5.41) is 9.68. The number of hydrogen-bond acceptors (Lipinski definition) is 6. The SMILES string of the molecule is C=C1C=C(Cc2ccc(NC(=N/C=C/CCC)c3nc(N(C)CCCCC)c(OCC)cc3C)cc2C)C=CN1/N=C\C. The monoisotopic (exact) mass is 582 g/mol. The van der Waals surface area contributed by atoms with Crippen molar-refractivity contribution in [1.82, 2.24) is 9.99 Å². The van der Waals surface area contributed by atoms with Crippen molar-refractivity contribution in [2.24, 2.45) is 10.1 Å². The number of pyridine rings is 1. The predicted molar refractivity (Wildman–Crippen MR) is 184 cm³/mol. The first-order chi connectivity index (χ1) is 20.8. The number of aromatic nitrogens is 1. The van der Waals surface area contributed by atoms with Gasteiger partial charge in [0.15, 0.2) is 17.4 Å². The normalized spacial score (nSPS) is 13.7. The van der Waals surface area contributed by atoms with E-state index < -0.39 is 0 Å². The van der Waals surface area contributed by atoms with Crippen molar-refractivity contribution < 1.29 is 4.74 Å². The second-order valence-electron chi connectivity index (χ2n) is 10.9. The molecular formula is C36H50N6O. The van der Waals surface area contributed by atoms with Crippen LogP contribution < -0.4 is 15.0 Å². The summed E-state index contributed by atoms with van der Waals surface area (Å²) in [6.45, 7) is 18.2. The molecule has 0 saturated heterocycles. The van der Waals surface area contributed by atoms with Crippen LogP contribution in [0.4, 0.5) is 11.5 Å². The van der Waals surface area contributed by atoms with Crippen LogP contribution in [-0.4, -0.2) is 42.2 Å². The minimum atomic E-state index is 0.590. The molecule has 1 aromatic carbocycles. The standard InChI is InChI=1S/C36H50N6O/c1-9-13-15-20-37-35(34-28(6)24-33(43-12-4)36(40-34)41(8)21-16-14-10-2)39-32-18-17-31(27(5)23-32)26-30-19-22-42(38-11-3)29(7)25-30/h11,15,17-20,22-25H,7,9-10,12-14,16,21,26H2,1-6,8H3,(H,37,39)/b20-15+,38-11-. The van der Waals surface area contributed by atoms with Crippen LogP contribution in [-0.2, 0) is 6.42 Å². The average molecular weight is 583 g/mol. The molecule has 2 aromatic rings. The lowest BCUT2D eigenvalue weighted by Gasteiger charge is -2.23. The summed E-state index contributed by atoms with van der Waals surface area (Å²) in [7, 11) is 2.09. The lowest BCUT2D eigenvalue weighted by Crippen LogP contribution is -2.24. The molecule has 1 aromatic heterocycles. The van der Waals surface area contributed by atoms with Gasteiger partial charge in [0, 0.05) is 37.9 Å². The Morgan fingerprint density at radius 3 is 2.60 bits per heavy atom. The Morgan fingerprint density at radius 1 is 1.12 bits per heavy atom. The molecule has 3 rings (SSSR count). The average Bonchev–Trinajstić information content (AvgIpc) is 2.98. The molecule has 0 radical (unpaired) electrons. The predicted octanol–water partition coefficient (Wildman–Crippen LogP) is 8.71. The van der Waals surface area contributed by atoms with Gasteiger partial charge < -0.3 is 15.0 Å². The van der Waals surface area contributed by atoms with Crippen molar-refractivity contribution in [3.63, 3.8) is 0 Å². The van der Waals surface area contributed by atoms with Gasteiger partial charge in [0.2, 0.25) is 0 Å². The highest BCUT2D eigenvalue weighted by atomic mass is 16.5. The van der Waals surface area contributed by atoms with Crippen molar-refractivity contribution >= 4 is 23.6 Å². The van der Waals surface area contributed by atoms with Gasteiger partial charge in [-0.1, -0.05) is 51.8 Å². The quantitative estimate of drug-likeness (QED) is 0.129. The van der Waals surface area contributed by atoms with E-state index in [0.29, 0.717) is 12.4 Å². The van der Waals surface area contributed by atoms with E-state index in [-0.39, 0.29) is 0 Å². The summed E-state index contributed by atoms with van der Waals surface area (Å²) in [6.07, 6.45) is 18.2. The van der Waals surface area contributed by atoms with Gasteiger partial charge in [0.25, 0.3) is 0 Å². The number of rotatable bonds is 15. The van der Waals surface area contributed by atoms with Crippen LogP contribution in [0.3, 0.4) is 0 Å². The summed E-state index contributed by atoms with van der Waals surface area (Å²) in [5.41, 5.74) is 7.32. The van der Waals surface area contributed by atoms with Gasteiger partial charge in [-0.05, 0) is 99.6 Å². The molecule has 7 heteroatoms. The number of allylic oxidation sites excluding steroid dienone is 4. The summed E-state index contributed by atoms with van der Waals surface area (Å²) in [6, 6.07) is 8.56. The van der Waals surface area contributed by atoms with E-state index in [1.807, 2.05) is 26.2 Å². The minimum Gasteiger partial charge on any atom is -0.490 e. The Morgan fingerprint density at radius 2 is 1.93 bits per heavy atom. The molecular weight excluding hydrogens is 532 g/mol. The zero-order chi connectivity index (χ0) is 31.2.